The fourth-order valence-corrected chi connectivity index (χ4v) is 7.61. The third-order valence-electron chi connectivity index (χ3n) is 11.1. The molecule has 2 atom stereocenters. The minimum atomic E-state index is -4.40. The van der Waals surface area contributed by atoms with Crippen LogP contribution in [-0.4, -0.2) is 74.9 Å². The number of phosphoric acid groups is 1. The van der Waals surface area contributed by atoms with Gasteiger partial charge < -0.3 is 18.9 Å². The molecule has 2 unspecified atom stereocenters. The van der Waals surface area contributed by atoms with E-state index in [0.29, 0.717) is 23.9 Å². The maximum Gasteiger partial charge on any atom is 0.472 e. The van der Waals surface area contributed by atoms with Crippen molar-refractivity contribution < 1.29 is 42.1 Å². The number of likely N-dealkylation sites (N-methyl/N-ethyl adjacent to an activating group) is 1. The first-order valence-corrected chi connectivity index (χ1v) is 29.4. The van der Waals surface area contributed by atoms with Crippen LogP contribution in [-0.2, 0) is 32.7 Å². The second-order valence-corrected chi connectivity index (χ2v) is 20.7. The number of allylic oxidation sites excluding steroid dienone is 22. The molecule has 72 heavy (non-hydrogen) atoms. The van der Waals surface area contributed by atoms with Gasteiger partial charge in [-0.3, -0.25) is 18.6 Å². The first-order valence-electron chi connectivity index (χ1n) is 27.9. The van der Waals surface area contributed by atoms with Gasteiger partial charge in [0.2, 0.25) is 0 Å². The summed E-state index contributed by atoms with van der Waals surface area (Å²) >= 11 is 0. The molecule has 0 fully saturated rings. The highest BCUT2D eigenvalue weighted by molar-refractivity contribution is 7.47. The summed E-state index contributed by atoms with van der Waals surface area (Å²) in [5, 5.41) is 0. The lowest BCUT2D eigenvalue weighted by molar-refractivity contribution is -0.870. The van der Waals surface area contributed by atoms with Crippen LogP contribution >= 0.6 is 7.82 Å². The van der Waals surface area contributed by atoms with Gasteiger partial charge in [-0.15, -0.1) is 0 Å². The first-order chi connectivity index (χ1) is 35.0. The van der Waals surface area contributed by atoms with Crippen LogP contribution in [0.15, 0.2) is 134 Å². The summed E-state index contributed by atoms with van der Waals surface area (Å²) in [6.45, 7) is 4.19. The van der Waals surface area contributed by atoms with E-state index in [1.165, 1.54) is 25.7 Å². The van der Waals surface area contributed by atoms with E-state index in [1.807, 2.05) is 21.1 Å². The van der Waals surface area contributed by atoms with Gasteiger partial charge in [0, 0.05) is 12.8 Å². The zero-order valence-corrected chi connectivity index (χ0v) is 47.0. The van der Waals surface area contributed by atoms with Gasteiger partial charge in [-0.1, -0.05) is 205 Å². The maximum absolute atomic E-state index is 12.8. The summed E-state index contributed by atoms with van der Waals surface area (Å²) in [6.07, 6.45) is 75.2. The number of carbonyl (C=O) groups excluding carboxylic acids is 2. The predicted molar refractivity (Wildman–Crippen MR) is 307 cm³/mol. The molecule has 9 nitrogen and oxygen atoms in total. The van der Waals surface area contributed by atoms with Crippen molar-refractivity contribution in [3.05, 3.63) is 134 Å². The Morgan fingerprint density at radius 2 is 0.792 bits per heavy atom. The molecule has 0 saturated heterocycles. The highest BCUT2D eigenvalue weighted by Gasteiger charge is 2.27. The van der Waals surface area contributed by atoms with Crippen LogP contribution < -0.4 is 0 Å². The van der Waals surface area contributed by atoms with E-state index >= 15 is 0 Å². The Morgan fingerprint density at radius 3 is 1.18 bits per heavy atom. The molecule has 1 N–H and O–H groups in total. The Morgan fingerprint density at radius 1 is 0.444 bits per heavy atom. The molecule has 0 heterocycles. The molecule has 0 aromatic heterocycles. The van der Waals surface area contributed by atoms with E-state index < -0.39 is 32.5 Å². The Hall–Kier alpha value is -3.85. The van der Waals surface area contributed by atoms with E-state index in [1.54, 1.807) is 0 Å². The topological polar surface area (TPSA) is 108 Å². The number of carbonyl (C=O) groups is 2. The van der Waals surface area contributed by atoms with E-state index in [2.05, 4.69) is 148 Å². The van der Waals surface area contributed by atoms with Crippen LogP contribution in [0.4, 0.5) is 0 Å². The molecular weight excluding hydrogens is 918 g/mol. The fraction of sp³-hybridized carbons (Fsp3) is 0.613. The van der Waals surface area contributed by atoms with Crippen molar-refractivity contribution in [2.45, 2.75) is 200 Å². The number of hydrogen-bond donors (Lipinski definition) is 1. The van der Waals surface area contributed by atoms with E-state index in [9.17, 15) is 19.0 Å². The van der Waals surface area contributed by atoms with Gasteiger partial charge in [0.05, 0.1) is 27.7 Å². The number of quaternary nitrogens is 1. The number of esters is 2. The lowest BCUT2D eigenvalue weighted by Crippen LogP contribution is -2.37. The molecule has 0 amide bonds. The summed E-state index contributed by atoms with van der Waals surface area (Å²) in [7, 11) is 1.44. The van der Waals surface area contributed by atoms with Gasteiger partial charge >= 0.3 is 19.8 Å². The fourth-order valence-electron chi connectivity index (χ4n) is 6.87. The van der Waals surface area contributed by atoms with Crippen LogP contribution in [0.5, 0.6) is 0 Å². The smallest absolute Gasteiger partial charge is 0.462 e. The highest BCUT2D eigenvalue weighted by Crippen LogP contribution is 2.43. The Bertz CT molecular complexity index is 1670. The average Bonchev–Trinajstić information content (AvgIpc) is 3.34. The molecule has 0 spiro atoms. The monoisotopic (exact) mass is 1020 g/mol. The molecule has 408 valence electrons. The van der Waals surface area contributed by atoms with Gasteiger partial charge in [-0.2, -0.15) is 0 Å². The van der Waals surface area contributed by atoms with Crippen LogP contribution in [0.1, 0.15) is 194 Å². The van der Waals surface area contributed by atoms with Crippen LogP contribution in [0, 0.1) is 0 Å². The second kappa shape index (κ2) is 52.0. The molecule has 10 heteroatoms. The van der Waals surface area contributed by atoms with Crippen molar-refractivity contribution in [2.75, 3.05) is 47.5 Å². The number of unbranched alkanes of at least 4 members (excludes halogenated alkanes) is 13. The SMILES string of the molecule is CC/C=C\C/C=C\C/C=C\C/C=C\C/C=C\C/C=C\C/C=C\C/C=C\C/C=C\CCCCCCCCCC(=O)OC(COC(=O)CCCCCCC/C=C\C/C=C\CCC)COP(=O)(O)OCC[N+](C)(C)C. The van der Waals surface area contributed by atoms with Crippen molar-refractivity contribution in [3.8, 4) is 0 Å². The summed E-state index contributed by atoms with van der Waals surface area (Å²) in [5.74, 6) is -0.839. The van der Waals surface area contributed by atoms with Crippen molar-refractivity contribution in [1.82, 2.24) is 0 Å². The molecule has 0 rings (SSSR count). The average molecular weight is 1020 g/mol. The number of nitrogens with zero attached hydrogens (tertiary/aromatic N) is 1. The first kappa shape index (κ1) is 68.2. The molecule has 0 aliphatic rings. The minimum absolute atomic E-state index is 0.0196. The number of hydrogen-bond acceptors (Lipinski definition) is 7. The van der Waals surface area contributed by atoms with Gasteiger partial charge in [-0.05, 0) is 109 Å². The van der Waals surface area contributed by atoms with Crippen molar-refractivity contribution in [2.24, 2.45) is 0 Å². The predicted octanol–water partition coefficient (Wildman–Crippen LogP) is 17.4. The largest absolute Gasteiger partial charge is 0.472 e. The third kappa shape index (κ3) is 55.5. The lowest BCUT2D eigenvalue weighted by Gasteiger charge is -2.24. The number of rotatable bonds is 49. The normalized spacial score (nSPS) is 14.4. The summed E-state index contributed by atoms with van der Waals surface area (Å²) in [6, 6.07) is 0. The molecule has 0 bridgehead atoms. The summed E-state index contributed by atoms with van der Waals surface area (Å²) in [5.41, 5.74) is 0. The molecule has 0 aliphatic carbocycles. The molecule has 0 saturated carbocycles. The van der Waals surface area contributed by atoms with Gasteiger partial charge in [0.1, 0.15) is 19.8 Å². The summed E-state index contributed by atoms with van der Waals surface area (Å²) < 4.78 is 34.4. The number of ether oxygens (including phenoxy) is 2. The zero-order chi connectivity index (χ0) is 52.7. The van der Waals surface area contributed by atoms with E-state index in [-0.39, 0.29) is 26.1 Å². The second-order valence-electron chi connectivity index (χ2n) is 19.2. The van der Waals surface area contributed by atoms with Crippen molar-refractivity contribution in [3.63, 3.8) is 0 Å². The van der Waals surface area contributed by atoms with Gasteiger partial charge in [0.15, 0.2) is 6.10 Å². The highest BCUT2D eigenvalue weighted by atomic mass is 31.2. The lowest BCUT2D eigenvalue weighted by atomic mass is 10.1. The van der Waals surface area contributed by atoms with Crippen LogP contribution in [0.2, 0.25) is 0 Å². The Kier molecular flexibility index (Phi) is 49.2. The summed E-state index contributed by atoms with van der Waals surface area (Å²) in [4.78, 5) is 35.5. The molecule has 0 radical (unpaired) electrons. The molecule has 0 aliphatic heterocycles. The Balaban J connectivity index is 4.19. The van der Waals surface area contributed by atoms with E-state index in [4.69, 9.17) is 18.5 Å². The molecular formula is C62H103NO8P+. The van der Waals surface area contributed by atoms with Gasteiger partial charge in [0.25, 0.3) is 0 Å². The zero-order valence-electron chi connectivity index (χ0n) is 46.1. The standard InChI is InChI=1S/C62H102NO8P/c1-6-8-10-12-14-16-18-20-21-22-23-24-25-26-27-28-29-30-31-32-33-34-35-36-37-38-39-40-41-43-45-47-49-51-53-55-62(65)71-60(59-70-72(66,67)69-57-56-63(3,4)5)58-68-61(64)54-52-50-48-46-44-42-19-17-15-13-11-9-7-2/h8,10-11,13-14,16-17,19-21,23-24,26-27,29-30,32-33,35-36,38-39,60H,6-7,9,12,15,18,22,25,28,31,34,37,40-59H2,1-5H3/p+1/b10-8-,13-11-,16-14-,19-17-,21-20-,24-23-,27-26-,30-29-,33-32-,36-35-,39-38-. The molecule has 0 aromatic carbocycles. The van der Waals surface area contributed by atoms with Crippen molar-refractivity contribution in [1.29, 1.82) is 0 Å². The molecule has 0 aromatic rings. The van der Waals surface area contributed by atoms with Crippen molar-refractivity contribution >= 4 is 19.8 Å². The maximum atomic E-state index is 12.8. The van der Waals surface area contributed by atoms with Crippen LogP contribution in [0.25, 0.3) is 0 Å². The number of phosphoric ester groups is 1. The van der Waals surface area contributed by atoms with Crippen LogP contribution in [0.3, 0.4) is 0 Å². The minimum Gasteiger partial charge on any atom is -0.462 e. The van der Waals surface area contributed by atoms with Gasteiger partial charge in [-0.25, -0.2) is 4.57 Å². The van der Waals surface area contributed by atoms with E-state index in [0.717, 1.165) is 128 Å². The Labute approximate surface area is 441 Å². The quantitative estimate of drug-likeness (QED) is 0.0211. The third-order valence-corrected chi connectivity index (χ3v) is 12.1.